The Morgan fingerprint density at radius 1 is 1.12 bits per heavy atom. The van der Waals surface area contributed by atoms with Crippen molar-refractivity contribution in [1.29, 1.82) is 0 Å². The van der Waals surface area contributed by atoms with E-state index in [9.17, 15) is 20.0 Å². The number of aliphatic hydroxyl groups is 1. The Morgan fingerprint density at radius 3 is 2.41 bits per heavy atom. The van der Waals surface area contributed by atoms with Gasteiger partial charge in [0.25, 0.3) is 11.2 Å². The molecular weight excluding hydrogens is 530 g/mol. The van der Waals surface area contributed by atoms with Gasteiger partial charge in [0.05, 0.1) is 43.0 Å². The molecule has 1 N–H and O–H groups in total. The van der Waals surface area contributed by atoms with Gasteiger partial charge in [0.2, 0.25) is 5.95 Å². The van der Waals surface area contributed by atoms with E-state index in [1.54, 1.807) is 45.2 Å². The van der Waals surface area contributed by atoms with Crippen LogP contribution in [0.25, 0.3) is 11.2 Å². The van der Waals surface area contributed by atoms with Gasteiger partial charge in [-0.1, -0.05) is 24.3 Å². The number of rotatable bonds is 12. The molecule has 0 aliphatic rings. The van der Waals surface area contributed by atoms with Gasteiger partial charge >= 0.3 is 0 Å². The number of fused-ring (bicyclic) bond motifs is 1. The molecule has 0 aliphatic heterocycles. The number of aliphatic hydroxyl groups excluding tert-OH is 1. The molecule has 2 atom stereocenters. The molecule has 2 aromatic heterocycles. The van der Waals surface area contributed by atoms with Crippen molar-refractivity contribution >= 4 is 29.1 Å². The summed E-state index contributed by atoms with van der Waals surface area (Å²) in [4.78, 5) is 43.6. The highest BCUT2D eigenvalue weighted by atomic mass is 16.6. The first-order valence-corrected chi connectivity index (χ1v) is 12.8. The number of aromatic nitrogens is 4. The van der Waals surface area contributed by atoms with Crippen molar-refractivity contribution in [1.82, 2.24) is 24.4 Å². The maximum Gasteiger partial charge on any atom is 0.283 e. The van der Waals surface area contributed by atoms with Crippen molar-refractivity contribution in [3.8, 4) is 5.75 Å². The Morgan fingerprint density at radius 2 is 1.80 bits per heavy atom. The fraction of sp³-hybridized carbons (Fsp3) is 0.321. The Kier molecular flexibility index (Phi) is 9.32. The molecule has 0 bridgehead atoms. The third kappa shape index (κ3) is 7.26. The molecule has 41 heavy (non-hydrogen) atoms. The molecule has 2 aromatic carbocycles. The third-order valence-corrected chi connectivity index (χ3v) is 6.16. The Balaban J connectivity index is 1.66. The van der Waals surface area contributed by atoms with Crippen LogP contribution in [-0.2, 0) is 24.3 Å². The van der Waals surface area contributed by atoms with Crippen LogP contribution in [0.1, 0.15) is 29.8 Å². The van der Waals surface area contributed by atoms with Crippen LogP contribution in [0.4, 0.5) is 11.6 Å². The lowest BCUT2D eigenvalue weighted by Crippen LogP contribution is -2.26. The van der Waals surface area contributed by atoms with Gasteiger partial charge in [-0.25, -0.2) is 15.0 Å². The van der Waals surface area contributed by atoms with Crippen LogP contribution in [0.5, 0.6) is 5.75 Å². The van der Waals surface area contributed by atoms with Crippen molar-refractivity contribution < 1.29 is 19.5 Å². The topological polar surface area (TPSA) is 158 Å². The number of nitrogens with zero attached hydrogens (tertiary/aromatic N) is 7. The smallest absolute Gasteiger partial charge is 0.283 e. The lowest BCUT2D eigenvalue weighted by molar-refractivity contribution is -0.384. The minimum atomic E-state index is -0.943. The summed E-state index contributed by atoms with van der Waals surface area (Å²) in [5, 5.41) is 21.5. The first kappa shape index (κ1) is 29.2. The molecule has 13 heteroatoms. The van der Waals surface area contributed by atoms with Crippen molar-refractivity contribution in [2.24, 2.45) is 4.99 Å². The highest BCUT2D eigenvalue weighted by molar-refractivity contribution is 5.70. The Hall–Kier alpha value is -4.75. The van der Waals surface area contributed by atoms with Crippen LogP contribution < -0.4 is 10.3 Å². The van der Waals surface area contributed by atoms with E-state index in [1.807, 2.05) is 24.3 Å². The molecule has 0 spiro atoms. The van der Waals surface area contributed by atoms with Gasteiger partial charge < -0.3 is 19.5 Å². The highest BCUT2D eigenvalue weighted by Crippen LogP contribution is 2.23. The largest absolute Gasteiger partial charge is 0.497 e. The second kappa shape index (κ2) is 13.1. The average Bonchev–Trinajstić information content (AvgIpc) is 2.96. The highest BCUT2D eigenvalue weighted by Gasteiger charge is 2.23. The molecule has 0 saturated carbocycles. The van der Waals surface area contributed by atoms with Gasteiger partial charge in [0.15, 0.2) is 11.2 Å². The van der Waals surface area contributed by atoms with Gasteiger partial charge in [-0.05, 0) is 36.6 Å². The predicted molar refractivity (Wildman–Crippen MR) is 152 cm³/mol. The molecule has 0 aliphatic carbocycles. The Bertz CT molecular complexity index is 1590. The van der Waals surface area contributed by atoms with Crippen molar-refractivity contribution in [3.63, 3.8) is 0 Å². The van der Waals surface area contributed by atoms with Crippen LogP contribution in [0.2, 0.25) is 0 Å². The second-order valence-electron chi connectivity index (χ2n) is 9.54. The molecule has 0 fully saturated rings. The minimum Gasteiger partial charge on any atom is -0.497 e. The quantitative estimate of drug-likeness (QED) is 0.118. The number of nitro groups is 1. The summed E-state index contributed by atoms with van der Waals surface area (Å²) in [5.41, 5.74) is 1.58. The minimum absolute atomic E-state index is 0.00806. The van der Waals surface area contributed by atoms with Crippen LogP contribution >= 0.6 is 0 Å². The number of nitro benzene ring substituents is 1. The molecule has 0 saturated heterocycles. The van der Waals surface area contributed by atoms with Gasteiger partial charge in [-0.15, -0.1) is 0 Å². The van der Waals surface area contributed by atoms with E-state index in [4.69, 9.17) is 9.47 Å². The summed E-state index contributed by atoms with van der Waals surface area (Å²) in [6.45, 7) is 1.96. The van der Waals surface area contributed by atoms with Crippen LogP contribution in [0.3, 0.4) is 0 Å². The lowest BCUT2D eigenvalue weighted by atomic mass is 10.1. The van der Waals surface area contributed by atoms with E-state index in [1.165, 1.54) is 29.2 Å². The molecule has 13 nitrogen and oxygen atoms in total. The van der Waals surface area contributed by atoms with E-state index >= 15 is 0 Å². The third-order valence-electron chi connectivity index (χ3n) is 6.16. The number of hydrogen-bond acceptors (Lipinski definition) is 10. The van der Waals surface area contributed by atoms with Gasteiger partial charge in [0, 0.05) is 32.8 Å². The summed E-state index contributed by atoms with van der Waals surface area (Å²) in [7, 11) is 5.17. The standard InChI is InChI=1S/C28H31N7O6/c1-18(36)25(41-16-20-7-11-22(40-4)12-8-20)23-15-29-26-24(31-23)27(37)34(28(32-26)30-17-33(2)3)14-13-19-5-9-21(10-6-19)35(38)39/h5-12,15,17-18,25,36H,13-14,16H2,1-4H3/b30-17+/t18-,25-/m0/s1. The molecular formula is C28H31N7O6. The van der Waals surface area contributed by atoms with Crippen molar-refractivity contribution in [2.45, 2.75) is 38.7 Å². The molecule has 0 radical (unpaired) electrons. The maximum atomic E-state index is 13.7. The number of non-ortho nitro benzene ring substituents is 1. The molecule has 0 unspecified atom stereocenters. The van der Waals surface area contributed by atoms with E-state index in [2.05, 4.69) is 19.9 Å². The van der Waals surface area contributed by atoms with E-state index in [0.29, 0.717) is 12.2 Å². The molecule has 2 heterocycles. The maximum absolute atomic E-state index is 13.7. The number of aliphatic imine (C=N–C) groups is 1. The van der Waals surface area contributed by atoms with Crippen molar-refractivity contribution in [2.75, 3.05) is 21.2 Å². The zero-order valence-corrected chi connectivity index (χ0v) is 23.2. The zero-order chi connectivity index (χ0) is 29.5. The van der Waals surface area contributed by atoms with Crippen molar-refractivity contribution in [3.05, 3.63) is 92.0 Å². The van der Waals surface area contributed by atoms with E-state index in [0.717, 1.165) is 11.1 Å². The van der Waals surface area contributed by atoms with Gasteiger partial charge in [-0.3, -0.25) is 19.5 Å². The number of methoxy groups -OCH3 is 1. The normalized spacial score (nSPS) is 12.9. The average molecular weight is 562 g/mol. The second-order valence-corrected chi connectivity index (χ2v) is 9.54. The molecule has 4 aromatic rings. The molecule has 0 amide bonds. The number of ether oxygens (including phenoxy) is 2. The predicted octanol–water partition coefficient (Wildman–Crippen LogP) is 3.21. The fourth-order valence-corrected chi connectivity index (χ4v) is 4.00. The SMILES string of the molecule is COc1ccc(CO[C@H](c2cnc3nc(/N=C/N(C)C)n(CCc4ccc([N+](=O)[O-])cc4)c(=O)c3n2)[C@H](C)O)cc1. The van der Waals surface area contributed by atoms with Gasteiger partial charge in [0.1, 0.15) is 11.9 Å². The number of hydrogen-bond donors (Lipinski definition) is 1. The Labute approximate surface area is 235 Å². The zero-order valence-electron chi connectivity index (χ0n) is 23.2. The monoisotopic (exact) mass is 561 g/mol. The lowest BCUT2D eigenvalue weighted by Gasteiger charge is -2.20. The van der Waals surface area contributed by atoms with Crippen LogP contribution in [0, 0.1) is 10.1 Å². The van der Waals surface area contributed by atoms with E-state index < -0.39 is 22.7 Å². The van der Waals surface area contributed by atoms with Crippen LogP contribution in [0.15, 0.2) is 64.5 Å². The number of benzene rings is 2. The summed E-state index contributed by atoms with van der Waals surface area (Å²) in [5.74, 6) is 0.857. The van der Waals surface area contributed by atoms with Crippen LogP contribution in [-0.4, -0.2) is 68.1 Å². The summed E-state index contributed by atoms with van der Waals surface area (Å²) in [6, 6.07) is 13.5. The molecule has 214 valence electrons. The van der Waals surface area contributed by atoms with Gasteiger partial charge in [-0.2, -0.15) is 4.98 Å². The number of aryl methyl sites for hydroxylation is 1. The molecule has 4 rings (SSSR count). The summed E-state index contributed by atoms with van der Waals surface area (Å²) >= 11 is 0. The fourth-order valence-electron chi connectivity index (χ4n) is 4.00. The first-order valence-electron chi connectivity index (χ1n) is 12.8. The summed E-state index contributed by atoms with van der Waals surface area (Å²) < 4.78 is 12.6. The first-order chi connectivity index (χ1) is 19.7. The summed E-state index contributed by atoms with van der Waals surface area (Å²) in [6.07, 6.45) is 1.55. The van der Waals surface area contributed by atoms with E-state index in [-0.39, 0.29) is 41.6 Å².